The predicted molar refractivity (Wildman–Crippen MR) is 73.5 cm³/mol. The molecule has 1 fully saturated rings. The number of benzene rings is 1. The van der Waals surface area contributed by atoms with Crippen molar-refractivity contribution < 1.29 is 13.2 Å². The lowest BCUT2D eigenvalue weighted by Crippen LogP contribution is -2.33. The number of nitrogens with one attached hydrogen (secondary N) is 1. The van der Waals surface area contributed by atoms with Crippen molar-refractivity contribution in [1.29, 1.82) is 0 Å². The first-order valence-electron chi connectivity index (χ1n) is 7.11. The van der Waals surface area contributed by atoms with Gasteiger partial charge in [-0.15, -0.1) is 0 Å². The molecule has 112 valence electrons. The molecule has 0 aromatic heterocycles. The Hall–Kier alpha value is -1.07. The van der Waals surface area contributed by atoms with Crippen LogP contribution < -0.4 is 11.1 Å². The van der Waals surface area contributed by atoms with E-state index in [0.717, 1.165) is 24.2 Å². The van der Waals surface area contributed by atoms with Gasteiger partial charge in [-0.3, -0.25) is 0 Å². The van der Waals surface area contributed by atoms with Crippen LogP contribution in [0.1, 0.15) is 42.7 Å². The number of rotatable bonds is 5. The summed E-state index contributed by atoms with van der Waals surface area (Å²) in [4.78, 5) is 0. The van der Waals surface area contributed by atoms with Crippen molar-refractivity contribution in [3.8, 4) is 0 Å². The van der Waals surface area contributed by atoms with Crippen molar-refractivity contribution in [1.82, 2.24) is 5.32 Å². The topological polar surface area (TPSA) is 38.0 Å². The number of nitrogens with two attached hydrogens (primary N) is 1. The van der Waals surface area contributed by atoms with E-state index in [1.807, 2.05) is 0 Å². The van der Waals surface area contributed by atoms with E-state index in [-0.39, 0.29) is 5.92 Å². The summed E-state index contributed by atoms with van der Waals surface area (Å²) in [6.07, 6.45) is 0.601. The van der Waals surface area contributed by atoms with Gasteiger partial charge in [-0.2, -0.15) is 13.2 Å². The largest absolute Gasteiger partial charge is 0.416 e. The van der Waals surface area contributed by atoms with Crippen molar-refractivity contribution >= 4 is 0 Å². The first-order chi connectivity index (χ1) is 9.50. The number of hydrogen-bond acceptors (Lipinski definition) is 2. The van der Waals surface area contributed by atoms with Gasteiger partial charge < -0.3 is 11.1 Å². The first kappa shape index (κ1) is 15.3. The normalized spacial score (nSPS) is 18.4. The minimum Gasteiger partial charge on any atom is -0.330 e. The predicted octanol–water partition coefficient (Wildman–Crippen LogP) is 3.28. The molecular weight excluding hydrogens is 265 g/mol. The zero-order valence-corrected chi connectivity index (χ0v) is 11.4. The second kappa shape index (κ2) is 6.59. The Kier molecular flexibility index (Phi) is 5.05. The molecule has 1 aliphatic rings. The molecular formula is C15H21F3N2. The number of hydrogen-bond donors (Lipinski definition) is 2. The highest BCUT2D eigenvalue weighted by Gasteiger charge is 2.30. The van der Waals surface area contributed by atoms with E-state index in [1.54, 1.807) is 0 Å². The molecule has 0 spiro atoms. The summed E-state index contributed by atoms with van der Waals surface area (Å²) in [7, 11) is 0. The second-order valence-electron chi connectivity index (χ2n) is 5.44. The van der Waals surface area contributed by atoms with Crippen molar-refractivity contribution in [3.05, 3.63) is 35.4 Å². The van der Waals surface area contributed by atoms with E-state index in [9.17, 15) is 13.2 Å². The Bertz CT molecular complexity index is 408. The van der Waals surface area contributed by atoms with Gasteiger partial charge in [0.15, 0.2) is 0 Å². The van der Waals surface area contributed by atoms with Crippen LogP contribution >= 0.6 is 0 Å². The zero-order chi connectivity index (χ0) is 14.6. The third kappa shape index (κ3) is 3.96. The molecule has 0 radical (unpaired) electrons. The molecule has 2 nitrogen and oxygen atoms in total. The molecule has 1 atom stereocenters. The molecule has 2 rings (SSSR count). The smallest absolute Gasteiger partial charge is 0.330 e. The molecule has 1 unspecified atom stereocenters. The minimum atomic E-state index is -4.28. The quantitative estimate of drug-likeness (QED) is 0.871. The van der Waals surface area contributed by atoms with Crippen LogP contribution in [0.15, 0.2) is 24.3 Å². The van der Waals surface area contributed by atoms with Gasteiger partial charge in [-0.25, -0.2) is 0 Å². The summed E-state index contributed by atoms with van der Waals surface area (Å²) in [6, 6.07) is 5.88. The maximum atomic E-state index is 12.5. The van der Waals surface area contributed by atoms with Crippen LogP contribution in [0.3, 0.4) is 0 Å². The van der Waals surface area contributed by atoms with Crippen molar-refractivity contribution in [2.24, 2.45) is 5.73 Å². The highest BCUT2D eigenvalue weighted by molar-refractivity contribution is 5.27. The SMILES string of the molecule is NCC(CNC1CCCC1)c1ccc(C(F)(F)F)cc1. The van der Waals surface area contributed by atoms with Gasteiger partial charge in [-0.1, -0.05) is 25.0 Å². The monoisotopic (exact) mass is 286 g/mol. The van der Waals surface area contributed by atoms with E-state index < -0.39 is 11.7 Å². The summed E-state index contributed by atoms with van der Waals surface area (Å²) in [5.41, 5.74) is 6.01. The average molecular weight is 286 g/mol. The van der Waals surface area contributed by atoms with Crippen LogP contribution in [-0.4, -0.2) is 19.1 Å². The molecule has 1 saturated carbocycles. The summed E-state index contributed by atoms with van der Waals surface area (Å²) in [5, 5.41) is 3.47. The molecule has 3 N–H and O–H groups in total. The fourth-order valence-corrected chi connectivity index (χ4v) is 2.72. The second-order valence-corrected chi connectivity index (χ2v) is 5.44. The van der Waals surface area contributed by atoms with Crippen LogP contribution in [-0.2, 0) is 6.18 Å². The summed E-state index contributed by atoms with van der Waals surface area (Å²) in [5.74, 6) is 0.0675. The average Bonchev–Trinajstić information content (AvgIpc) is 2.92. The molecule has 0 heterocycles. The van der Waals surface area contributed by atoms with Crippen LogP contribution in [0.5, 0.6) is 0 Å². The Balaban J connectivity index is 1.96. The van der Waals surface area contributed by atoms with Gasteiger partial charge in [-0.05, 0) is 30.5 Å². The third-order valence-corrected chi connectivity index (χ3v) is 4.00. The lowest BCUT2D eigenvalue weighted by atomic mass is 9.97. The van der Waals surface area contributed by atoms with Crippen LogP contribution in [0.2, 0.25) is 0 Å². The van der Waals surface area contributed by atoms with Crippen molar-refractivity contribution in [3.63, 3.8) is 0 Å². The summed E-state index contributed by atoms with van der Waals surface area (Å²) in [6.45, 7) is 1.16. The standard InChI is InChI=1S/C15H21F3N2/c16-15(17,18)13-7-5-11(6-8-13)12(9-19)10-20-14-3-1-2-4-14/h5-8,12,14,20H,1-4,9-10,19H2. The zero-order valence-electron chi connectivity index (χ0n) is 11.4. The Morgan fingerprint density at radius 2 is 1.75 bits per heavy atom. The molecule has 0 aliphatic heterocycles. The van der Waals surface area contributed by atoms with Gasteiger partial charge in [0.1, 0.15) is 0 Å². The molecule has 0 amide bonds. The van der Waals surface area contributed by atoms with E-state index in [0.29, 0.717) is 12.6 Å². The van der Waals surface area contributed by atoms with Crippen LogP contribution in [0.4, 0.5) is 13.2 Å². The molecule has 5 heteroatoms. The van der Waals surface area contributed by atoms with Crippen molar-refractivity contribution in [2.75, 3.05) is 13.1 Å². The van der Waals surface area contributed by atoms with E-state index in [1.165, 1.54) is 37.8 Å². The highest BCUT2D eigenvalue weighted by Crippen LogP contribution is 2.30. The van der Waals surface area contributed by atoms with E-state index >= 15 is 0 Å². The third-order valence-electron chi connectivity index (χ3n) is 4.00. The maximum absolute atomic E-state index is 12.5. The molecule has 0 saturated heterocycles. The van der Waals surface area contributed by atoms with Crippen LogP contribution in [0, 0.1) is 0 Å². The fraction of sp³-hybridized carbons (Fsp3) is 0.600. The lowest BCUT2D eigenvalue weighted by molar-refractivity contribution is -0.137. The van der Waals surface area contributed by atoms with E-state index in [4.69, 9.17) is 5.73 Å². The lowest BCUT2D eigenvalue weighted by Gasteiger charge is -2.20. The van der Waals surface area contributed by atoms with Gasteiger partial charge in [0.2, 0.25) is 0 Å². The van der Waals surface area contributed by atoms with Crippen LogP contribution in [0.25, 0.3) is 0 Å². The Morgan fingerprint density at radius 3 is 2.25 bits per heavy atom. The number of halogens is 3. The molecule has 1 aromatic carbocycles. The van der Waals surface area contributed by atoms with Crippen molar-refractivity contribution in [2.45, 2.75) is 43.8 Å². The first-order valence-corrected chi connectivity index (χ1v) is 7.11. The molecule has 0 bridgehead atoms. The number of alkyl halides is 3. The van der Waals surface area contributed by atoms with Gasteiger partial charge >= 0.3 is 6.18 Å². The van der Waals surface area contributed by atoms with Gasteiger partial charge in [0.25, 0.3) is 0 Å². The van der Waals surface area contributed by atoms with Gasteiger partial charge in [0.05, 0.1) is 5.56 Å². The summed E-state index contributed by atoms with van der Waals surface area (Å²) < 4.78 is 37.6. The Labute approximate surface area is 117 Å². The summed E-state index contributed by atoms with van der Waals surface area (Å²) >= 11 is 0. The fourth-order valence-electron chi connectivity index (χ4n) is 2.72. The Morgan fingerprint density at radius 1 is 1.15 bits per heavy atom. The van der Waals surface area contributed by atoms with E-state index in [2.05, 4.69) is 5.32 Å². The molecule has 20 heavy (non-hydrogen) atoms. The highest BCUT2D eigenvalue weighted by atomic mass is 19.4. The molecule has 1 aliphatic carbocycles. The minimum absolute atomic E-state index is 0.0675. The molecule has 1 aromatic rings. The maximum Gasteiger partial charge on any atom is 0.416 e. The van der Waals surface area contributed by atoms with Gasteiger partial charge in [0, 0.05) is 25.0 Å².